The molecule has 0 radical (unpaired) electrons. The zero-order valence-electron chi connectivity index (χ0n) is 17.3. The highest BCUT2D eigenvalue weighted by Crippen LogP contribution is 2.44. The molecule has 0 spiro atoms. The number of fused-ring (bicyclic) bond motifs is 1. The third-order valence-electron chi connectivity index (χ3n) is 6.21. The lowest BCUT2D eigenvalue weighted by Crippen LogP contribution is -2.43. The fourth-order valence-electron chi connectivity index (χ4n) is 4.32. The van der Waals surface area contributed by atoms with Crippen molar-refractivity contribution in [1.82, 2.24) is 20.2 Å². The van der Waals surface area contributed by atoms with Crippen LogP contribution in [0.4, 0.5) is 10.8 Å². The van der Waals surface area contributed by atoms with Crippen molar-refractivity contribution in [2.75, 3.05) is 49.6 Å². The Hall–Kier alpha value is -2.43. The van der Waals surface area contributed by atoms with E-state index in [1.54, 1.807) is 11.3 Å². The lowest BCUT2D eigenvalue weighted by molar-refractivity contribution is -0.113. The Labute approximate surface area is 184 Å². The Morgan fingerprint density at radius 1 is 1.16 bits per heavy atom. The summed E-state index contributed by atoms with van der Waals surface area (Å²) in [5.41, 5.74) is 2.94. The summed E-state index contributed by atoms with van der Waals surface area (Å²) in [6.45, 7) is 5.11. The number of carbonyl (C=O) groups is 1. The van der Waals surface area contributed by atoms with Gasteiger partial charge in [0.25, 0.3) is 5.91 Å². The Morgan fingerprint density at radius 2 is 1.97 bits per heavy atom. The number of hydrogen-bond donors (Lipinski definition) is 2. The van der Waals surface area contributed by atoms with Gasteiger partial charge in [0, 0.05) is 32.1 Å². The van der Waals surface area contributed by atoms with Crippen LogP contribution >= 0.6 is 11.3 Å². The Kier molecular flexibility index (Phi) is 4.92. The van der Waals surface area contributed by atoms with E-state index in [-0.39, 0.29) is 12.3 Å². The van der Waals surface area contributed by atoms with Crippen molar-refractivity contribution >= 4 is 38.4 Å². The van der Waals surface area contributed by atoms with E-state index < -0.39 is 0 Å². The molecule has 2 N–H and O–H groups in total. The molecule has 4 aliphatic rings. The van der Waals surface area contributed by atoms with Gasteiger partial charge in [-0.3, -0.25) is 9.69 Å². The van der Waals surface area contributed by atoms with Crippen LogP contribution in [0.2, 0.25) is 0 Å². The maximum Gasteiger partial charge on any atom is 0.275 e. The van der Waals surface area contributed by atoms with Crippen molar-refractivity contribution in [3.05, 3.63) is 23.7 Å². The molecule has 1 saturated carbocycles. The number of ether oxygens (including phenoxy) is 2. The molecule has 1 aliphatic carbocycles. The molecule has 0 bridgehead atoms. The molecule has 9 nitrogen and oxygen atoms in total. The summed E-state index contributed by atoms with van der Waals surface area (Å²) in [7, 11) is 0. The van der Waals surface area contributed by atoms with Gasteiger partial charge in [-0.05, 0) is 31.7 Å². The number of morpholine rings is 1. The fraction of sp³-hybridized carbons (Fsp3) is 0.571. The Morgan fingerprint density at radius 3 is 2.74 bits per heavy atom. The third-order valence-corrected chi connectivity index (χ3v) is 7.26. The smallest absolute Gasteiger partial charge is 0.275 e. The van der Waals surface area contributed by atoms with Crippen molar-refractivity contribution in [3.63, 3.8) is 0 Å². The first-order chi connectivity index (χ1) is 15.2. The number of thiazole rings is 1. The molecular formula is C21H26N6O3S. The molecule has 3 aliphatic heterocycles. The van der Waals surface area contributed by atoms with Gasteiger partial charge in [-0.15, -0.1) is 0 Å². The number of hydrogen-bond acceptors (Lipinski definition) is 9. The quantitative estimate of drug-likeness (QED) is 0.728. The molecule has 1 atom stereocenters. The molecule has 3 fully saturated rings. The molecule has 164 valence electrons. The molecule has 2 aromatic rings. The van der Waals surface area contributed by atoms with Gasteiger partial charge in [-0.1, -0.05) is 11.3 Å². The first kappa shape index (κ1) is 19.3. The number of pyridine rings is 1. The normalized spacial score (nSPS) is 24.2. The topological polar surface area (TPSA) is 91.9 Å². The second kappa shape index (κ2) is 7.92. The molecule has 0 aromatic carbocycles. The third kappa shape index (κ3) is 3.83. The highest BCUT2D eigenvalue weighted by atomic mass is 32.1. The van der Waals surface area contributed by atoms with Crippen molar-refractivity contribution < 1.29 is 14.3 Å². The molecule has 6 rings (SSSR count). The van der Waals surface area contributed by atoms with E-state index in [0.717, 1.165) is 79.1 Å². The van der Waals surface area contributed by atoms with Crippen LogP contribution in [0.5, 0.6) is 0 Å². The van der Waals surface area contributed by atoms with Gasteiger partial charge in [0.05, 0.1) is 29.3 Å². The summed E-state index contributed by atoms with van der Waals surface area (Å²) in [5.74, 6) is 0.204. The van der Waals surface area contributed by atoms with Gasteiger partial charge in [0.2, 0.25) is 6.35 Å². The van der Waals surface area contributed by atoms with Crippen LogP contribution in [-0.4, -0.2) is 66.5 Å². The molecule has 2 aromatic heterocycles. The number of carbonyl (C=O) groups excluding carboxylic acids is 1. The predicted octanol–water partition coefficient (Wildman–Crippen LogP) is 2.18. The molecule has 1 unspecified atom stereocenters. The first-order valence-corrected chi connectivity index (χ1v) is 11.9. The number of anilines is 2. The van der Waals surface area contributed by atoms with E-state index in [1.807, 2.05) is 6.07 Å². The zero-order valence-corrected chi connectivity index (χ0v) is 18.1. The summed E-state index contributed by atoms with van der Waals surface area (Å²) in [6.07, 6.45) is 5.82. The number of aromatic nitrogens is 2. The summed E-state index contributed by atoms with van der Waals surface area (Å²) < 4.78 is 12.1. The summed E-state index contributed by atoms with van der Waals surface area (Å²) in [6, 6.07) is 2.03. The van der Waals surface area contributed by atoms with Crippen molar-refractivity contribution in [2.45, 2.75) is 38.0 Å². The molecule has 10 heteroatoms. The molecule has 1 amide bonds. The van der Waals surface area contributed by atoms with Crippen LogP contribution in [0.1, 0.15) is 37.3 Å². The average Bonchev–Trinajstić information content (AvgIpc) is 3.20. The van der Waals surface area contributed by atoms with E-state index in [4.69, 9.17) is 19.4 Å². The Balaban J connectivity index is 1.22. The van der Waals surface area contributed by atoms with Crippen LogP contribution in [0.25, 0.3) is 10.3 Å². The largest absolute Gasteiger partial charge is 0.462 e. The predicted molar refractivity (Wildman–Crippen MR) is 118 cm³/mol. The van der Waals surface area contributed by atoms with Gasteiger partial charge in [0.1, 0.15) is 12.0 Å². The van der Waals surface area contributed by atoms with Gasteiger partial charge >= 0.3 is 0 Å². The maximum absolute atomic E-state index is 13.0. The number of amides is 1. The number of nitrogens with zero attached hydrogens (tertiary/aromatic N) is 4. The van der Waals surface area contributed by atoms with Gasteiger partial charge in [-0.25, -0.2) is 4.98 Å². The molecule has 31 heavy (non-hydrogen) atoms. The van der Waals surface area contributed by atoms with E-state index >= 15 is 0 Å². The van der Waals surface area contributed by atoms with Gasteiger partial charge in [-0.2, -0.15) is 4.98 Å². The van der Waals surface area contributed by atoms with Crippen LogP contribution in [-0.2, 0) is 14.3 Å². The summed E-state index contributed by atoms with van der Waals surface area (Å²) in [5, 5.41) is 7.26. The number of nitrogens with one attached hydrogen (secondary N) is 2. The molecule has 2 saturated heterocycles. The second-order valence-corrected chi connectivity index (χ2v) is 9.48. The summed E-state index contributed by atoms with van der Waals surface area (Å²) >= 11 is 1.62. The van der Waals surface area contributed by atoms with Crippen LogP contribution in [0.15, 0.2) is 18.0 Å². The van der Waals surface area contributed by atoms with E-state index in [0.29, 0.717) is 11.6 Å². The number of rotatable bonds is 5. The minimum atomic E-state index is -0.246. The second-order valence-electron chi connectivity index (χ2n) is 8.47. The minimum Gasteiger partial charge on any atom is -0.462 e. The van der Waals surface area contributed by atoms with Crippen molar-refractivity contribution in [1.29, 1.82) is 0 Å². The van der Waals surface area contributed by atoms with Crippen LogP contribution in [0.3, 0.4) is 0 Å². The highest BCUT2D eigenvalue weighted by molar-refractivity contribution is 7.22. The maximum atomic E-state index is 13.0. The van der Waals surface area contributed by atoms with Crippen molar-refractivity contribution in [2.24, 2.45) is 0 Å². The molecule has 5 heterocycles. The van der Waals surface area contributed by atoms with Gasteiger partial charge in [0.15, 0.2) is 10.8 Å². The lowest BCUT2D eigenvalue weighted by atomic mass is 10.2. The van der Waals surface area contributed by atoms with E-state index in [9.17, 15) is 4.79 Å². The Bertz CT molecular complexity index is 1020. The number of likely N-dealkylation sites (tertiary alicyclic amines) is 1. The van der Waals surface area contributed by atoms with Crippen LogP contribution in [0, 0.1) is 0 Å². The standard InChI is InChI=1S/C21H26N6O3S/c28-19(15-12-30-20(23-15)26-5-1-2-6-26)22-14-11-16-18(24-17(14)13-3-4-13)25-21(31-16)27-7-9-29-10-8-27/h11-13,20,23H,1-10H2,(H,22,28). The first-order valence-electron chi connectivity index (χ1n) is 11.1. The SMILES string of the molecule is O=C(Nc1cc2sc(N3CCOCC3)nc2nc1C1CC1)C1=COC(N2CCCC2)N1. The highest BCUT2D eigenvalue weighted by Gasteiger charge is 2.32. The van der Waals surface area contributed by atoms with E-state index in [2.05, 4.69) is 20.4 Å². The monoisotopic (exact) mass is 442 g/mol. The molecular weight excluding hydrogens is 416 g/mol. The average molecular weight is 443 g/mol. The van der Waals surface area contributed by atoms with E-state index in [1.165, 1.54) is 19.1 Å². The lowest BCUT2D eigenvalue weighted by Gasteiger charge is -2.25. The van der Waals surface area contributed by atoms with Gasteiger partial charge < -0.3 is 25.0 Å². The zero-order chi connectivity index (χ0) is 20.8. The van der Waals surface area contributed by atoms with Crippen LogP contribution < -0.4 is 15.5 Å². The minimum absolute atomic E-state index is 0.192. The van der Waals surface area contributed by atoms with Crippen molar-refractivity contribution in [3.8, 4) is 0 Å². The summed E-state index contributed by atoms with van der Waals surface area (Å²) in [4.78, 5) is 27.0. The fourth-order valence-corrected chi connectivity index (χ4v) is 5.32.